The van der Waals surface area contributed by atoms with Gasteiger partial charge in [-0.1, -0.05) is 36.4 Å². The van der Waals surface area contributed by atoms with Gasteiger partial charge in [-0.3, -0.25) is 4.79 Å². The van der Waals surface area contributed by atoms with Gasteiger partial charge in [-0.2, -0.15) is 11.8 Å². The van der Waals surface area contributed by atoms with Crippen molar-refractivity contribution in [2.45, 2.75) is 6.42 Å². The van der Waals surface area contributed by atoms with Crippen molar-refractivity contribution in [2.75, 3.05) is 31.1 Å². The van der Waals surface area contributed by atoms with Crippen LogP contribution in [-0.4, -0.2) is 41.8 Å². The van der Waals surface area contributed by atoms with Crippen LogP contribution < -0.4 is 0 Å². The summed E-state index contributed by atoms with van der Waals surface area (Å²) in [7, 11) is 0. The Bertz CT molecular complexity index is 605. The van der Waals surface area contributed by atoms with E-state index >= 15 is 0 Å². The molecule has 1 aliphatic rings. The van der Waals surface area contributed by atoms with Gasteiger partial charge < -0.3 is 4.90 Å². The second kappa shape index (κ2) is 6.42. The highest BCUT2D eigenvalue weighted by Crippen LogP contribution is 2.17. The van der Waals surface area contributed by atoms with E-state index in [1.54, 1.807) is 0 Å². The molecule has 0 bridgehead atoms. The van der Waals surface area contributed by atoms with Gasteiger partial charge in [0.25, 0.3) is 0 Å². The molecule has 3 heteroatoms. The lowest BCUT2D eigenvalue weighted by Gasteiger charge is -2.25. The molecule has 104 valence electrons. The van der Waals surface area contributed by atoms with E-state index in [0.29, 0.717) is 6.42 Å². The van der Waals surface area contributed by atoms with E-state index in [-0.39, 0.29) is 5.78 Å². The highest BCUT2D eigenvalue weighted by Gasteiger charge is 2.13. The maximum atomic E-state index is 12.3. The van der Waals surface area contributed by atoms with Gasteiger partial charge in [0.15, 0.2) is 5.78 Å². The van der Waals surface area contributed by atoms with Crippen LogP contribution in [-0.2, 0) is 0 Å². The van der Waals surface area contributed by atoms with Crippen molar-refractivity contribution >= 4 is 28.3 Å². The van der Waals surface area contributed by atoms with Crippen molar-refractivity contribution in [3.63, 3.8) is 0 Å². The van der Waals surface area contributed by atoms with Crippen LogP contribution in [0.4, 0.5) is 0 Å². The molecule has 1 aliphatic heterocycles. The highest BCUT2D eigenvalue weighted by molar-refractivity contribution is 7.99. The Morgan fingerprint density at radius 2 is 1.80 bits per heavy atom. The fraction of sp³-hybridized carbons (Fsp3) is 0.353. The molecule has 20 heavy (non-hydrogen) atoms. The molecular formula is C17H19NOS. The first-order valence-corrected chi connectivity index (χ1v) is 8.30. The van der Waals surface area contributed by atoms with Crippen LogP contribution in [0.25, 0.3) is 10.8 Å². The van der Waals surface area contributed by atoms with Gasteiger partial charge in [0.1, 0.15) is 0 Å². The normalized spacial score (nSPS) is 16.4. The molecular weight excluding hydrogens is 266 g/mol. The van der Waals surface area contributed by atoms with Crippen LogP contribution in [0, 0.1) is 0 Å². The van der Waals surface area contributed by atoms with E-state index in [0.717, 1.165) is 30.6 Å². The highest BCUT2D eigenvalue weighted by atomic mass is 32.2. The second-order valence-electron chi connectivity index (χ2n) is 5.19. The fourth-order valence-corrected chi connectivity index (χ4v) is 3.57. The average Bonchev–Trinajstić information content (AvgIpc) is 2.53. The zero-order valence-corrected chi connectivity index (χ0v) is 12.4. The van der Waals surface area contributed by atoms with Gasteiger partial charge in [-0.25, -0.2) is 0 Å². The van der Waals surface area contributed by atoms with Gasteiger partial charge in [0, 0.05) is 43.1 Å². The van der Waals surface area contributed by atoms with Crippen molar-refractivity contribution < 1.29 is 4.79 Å². The van der Waals surface area contributed by atoms with Crippen LogP contribution in [0.5, 0.6) is 0 Å². The van der Waals surface area contributed by atoms with Crippen LogP contribution >= 0.6 is 11.8 Å². The van der Waals surface area contributed by atoms with Crippen LogP contribution in [0.1, 0.15) is 16.8 Å². The molecule has 2 aromatic rings. The lowest BCUT2D eigenvalue weighted by molar-refractivity contribution is 0.0966. The number of carbonyl (C=O) groups excluding carboxylic acids is 1. The zero-order chi connectivity index (χ0) is 13.8. The molecule has 2 aromatic carbocycles. The Kier molecular flexibility index (Phi) is 4.38. The van der Waals surface area contributed by atoms with E-state index in [1.165, 1.54) is 16.9 Å². The fourth-order valence-electron chi connectivity index (χ4n) is 2.59. The summed E-state index contributed by atoms with van der Waals surface area (Å²) in [5.41, 5.74) is 0.843. The number of benzene rings is 2. The first kappa shape index (κ1) is 13.7. The van der Waals surface area contributed by atoms with Crippen molar-refractivity contribution in [1.29, 1.82) is 0 Å². The molecule has 0 aliphatic carbocycles. The third kappa shape index (κ3) is 3.22. The van der Waals surface area contributed by atoms with Crippen molar-refractivity contribution in [1.82, 2.24) is 4.90 Å². The predicted octanol–water partition coefficient (Wildman–Crippen LogP) is 3.46. The maximum absolute atomic E-state index is 12.3. The van der Waals surface area contributed by atoms with Crippen molar-refractivity contribution in [3.8, 4) is 0 Å². The zero-order valence-electron chi connectivity index (χ0n) is 11.5. The lowest BCUT2D eigenvalue weighted by Crippen LogP contribution is -2.34. The van der Waals surface area contributed by atoms with Gasteiger partial charge in [-0.15, -0.1) is 0 Å². The Labute approximate surface area is 124 Å². The first-order chi connectivity index (χ1) is 9.83. The van der Waals surface area contributed by atoms with Crippen LogP contribution in [0.2, 0.25) is 0 Å². The summed E-state index contributed by atoms with van der Waals surface area (Å²) in [4.78, 5) is 14.7. The number of Topliss-reactive ketones (excluding diaryl/α,β-unsaturated/α-hetero) is 1. The predicted molar refractivity (Wildman–Crippen MR) is 86.7 cm³/mol. The standard InChI is InChI=1S/C17H19NOS/c19-17(7-8-18-9-11-20-12-10-18)16-6-5-14-3-1-2-4-15(14)13-16/h1-6,13H,7-12H2. The van der Waals surface area contributed by atoms with E-state index in [1.807, 2.05) is 42.1 Å². The Hall–Kier alpha value is -1.32. The van der Waals surface area contributed by atoms with Crippen LogP contribution in [0.3, 0.4) is 0 Å². The van der Waals surface area contributed by atoms with Crippen LogP contribution in [0.15, 0.2) is 42.5 Å². The number of fused-ring (bicyclic) bond motifs is 1. The average molecular weight is 285 g/mol. The Morgan fingerprint density at radius 1 is 1.05 bits per heavy atom. The molecule has 0 radical (unpaired) electrons. The molecule has 0 aromatic heterocycles. The number of nitrogens with zero attached hydrogens (tertiary/aromatic N) is 1. The Morgan fingerprint density at radius 3 is 2.60 bits per heavy atom. The minimum absolute atomic E-state index is 0.258. The summed E-state index contributed by atoms with van der Waals surface area (Å²) < 4.78 is 0. The first-order valence-electron chi connectivity index (χ1n) is 7.15. The van der Waals surface area contributed by atoms with Gasteiger partial charge in [0.05, 0.1) is 0 Å². The summed E-state index contributed by atoms with van der Waals surface area (Å²) in [6, 6.07) is 14.2. The van der Waals surface area contributed by atoms with Crippen molar-refractivity contribution in [2.24, 2.45) is 0 Å². The molecule has 0 amide bonds. The minimum Gasteiger partial charge on any atom is -0.301 e. The number of rotatable bonds is 4. The summed E-state index contributed by atoms with van der Waals surface area (Å²) >= 11 is 2.00. The van der Waals surface area contributed by atoms with Gasteiger partial charge in [0.2, 0.25) is 0 Å². The molecule has 1 saturated heterocycles. The molecule has 0 saturated carbocycles. The largest absolute Gasteiger partial charge is 0.301 e. The molecule has 1 heterocycles. The third-order valence-corrected chi connectivity index (χ3v) is 4.77. The number of hydrogen-bond donors (Lipinski definition) is 0. The third-order valence-electron chi connectivity index (χ3n) is 3.83. The number of thioether (sulfide) groups is 1. The maximum Gasteiger partial charge on any atom is 0.164 e. The second-order valence-corrected chi connectivity index (χ2v) is 6.41. The van der Waals surface area contributed by atoms with E-state index in [9.17, 15) is 4.79 Å². The monoisotopic (exact) mass is 285 g/mol. The molecule has 0 unspecified atom stereocenters. The number of carbonyl (C=O) groups is 1. The smallest absolute Gasteiger partial charge is 0.164 e. The Balaban J connectivity index is 1.65. The molecule has 3 rings (SSSR count). The minimum atomic E-state index is 0.258. The van der Waals surface area contributed by atoms with Gasteiger partial charge >= 0.3 is 0 Å². The summed E-state index contributed by atoms with van der Waals surface area (Å²) in [5.74, 6) is 2.66. The van der Waals surface area contributed by atoms with Crippen molar-refractivity contribution in [3.05, 3.63) is 48.0 Å². The summed E-state index contributed by atoms with van der Waals surface area (Å²) in [6.07, 6.45) is 0.628. The van der Waals surface area contributed by atoms with E-state index in [4.69, 9.17) is 0 Å². The van der Waals surface area contributed by atoms with E-state index < -0.39 is 0 Å². The summed E-state index contributed by atoms with van der Waals surface area (Å²) in [6.45, 7) is 3.14. The molecule has 1 fully saturated rings. The molecule has 0 spiro atoms. The quantitative estimate of drug-likeness (QED) is 0.802. The molecule has 2 nitrogen and oxygen atoms in total. The molecule has 0 N–H and O–H groups in total. The summed E-state index contributed by atoms with van der Waals surface area (Å²) in [5, 5.41) is 2.34. The number of hydrogen-bond acceptors (Lipinski definition) is 3. The van der Waals surface area contributed by atoms with Gasteiger partial charge in [-0.05, 0) is 16.8 Å². The molecule has 0 atom stereocenters. The lowest BCUT2D eigenvalue weighted by atomic mass is 10.0. The topological polar surface area (TPSA) is 20.3 Å². The van der Waals surface area contributed by atoms with E-state index in [2.05, 4.69) is 17.0 Å². The SMILES string of the molecule is O=C(CCN1CCSCC1)c1ccc2ccccc2c1. The number of ketones is 1.